The molecule has 0 spiro atoms. The molecule has 1 aliphatic rings. The molecule has 2 N–H and O–H groups in total. The predicted molar refractivity (Wildman–Crippen MR) is 135 cm³/mol. The molecule has 2 heterocycles. The highest BCUT2D eigenvalue weighted by Crippen LogP contribution is 2.34. The minimum Gasteiger partial charge on any atom is -0.351 e. The van der Waals surface area contributed by atoms with Crippen molar-refractivity contribution in [2.24, 2.45) is 0 Å². The number of rotatable bonds is 6. The smallest absolute Gasteiger partial charge is 0.248 e. The maximum atomic E-state index is 13.8. The van der Waals surface area contributed by atoms with Gasteiger partial charge in [0.1, 0.15) is 11.9 Å². The van der Waals surface area contributed by atoms with E-state index in [0.717, 1.165) is 36.6 Å². The van der Waals surface area contributed by atoms with Crippen LogP contribution in [0.5, 0.6) is 0 Å². The lowest BCUT2D eigenvalue weighted by atomic mass is 9.87. The van der Waals surface area contributed by atoms with E-state index in [9.17, 15) is 9.59 Å². The van der Waals surface area contributed by atoms with Crippen LogP contribution in [-0.4, -0.2) is 38.9 Å². The van der Waals surface area contributed by atoms with Crippen molar-refractivity contribution in [3.8, 4) is 0 Å². The summed E-state index contributed by atoms with van der Waals surface area (Å²) in [6, 6.07) is 6.93. The Kier molecular flexibility index (Phi) is 7.22. The first-order chi connectivity index (χ1) is 16.3. The number of anilines is 1. The SMILES string of the molecule is CC(C)(C)c1ccc(N(C(=O)CCl)C(C(=O)NC2CCCCC2)c2cncc3[nH]ncc23)cc1. The van der Waals surface area contributed by atoms with Crippen LogP contribution in [-0.2, 0) is 15.0 Å². The summed E-state index contributed by atoms with van der Waals surface area (Å²) in [5.74, 6) is -0.835. The average Bonchev–Trinajstić information content (AvgIpc) is 3.31. The average molecular weight is 482 g/mol. The Hall–Kier alpha value is -2.93. The van der Waals surface area contributed by atoms with E-state index in [0.29, 0.717) is 16.8 Å². The van der Waals surface area contributed by atoms with E-state index in [1.165, 1.54) is 11.3 Å². The maximum Gasteiger partial charge on any atom is 0.248 e. The molecule has 1 saturated carbocycles. The van der Waals surface area contributed by atoms with Crippen LogP contribution < -0.4 is 10.2 Å². The van der Waals surface area contributed by atoms with E-state index in [1.54, 1.807) is 18.6 Å². The largest absolute Gasteiger partial charge is 0.351 e. The molecule has 34 heavy (non-hydrogen) atoms. The van der Waals surface area contributed by atoms with Crippen LogP contribution in [0.25, 0.3) is 10.9 Å². The second-order valence-electron chi connectivity index (χ2n) is 10.0. The third kappa shape index (κ3) is 5.09. The monoisotopic (exact) mass is 481 g/mol. The molecule has 3 aromatic rings. The van der Waals surface area contributed by atoms with E-state index in [4.69, 9.17) is 11.6 Å². The summed E-state index contributed by atoms with van der Waals surface area (Å²) in [6.07, 6.45) is 10.2. The number of hydrogen-bond donors (Lipinski definition) is 2. The van der Waals surface area contributed by atoms with E-state index in [1.807, 2.05) is 24.3 Å². The van der Waals surface area contributed by atoms with Gasteiger partial charge >= 0.3 is 0 Å². The summed E-state index contributed by atoms with van der Waals surface area (Å²) < 4.78 is 0. The fourth-order valence-electron chi connectivity index (χ4n) is 4.65. The molecule has 7 nitrogen and oxygen atoms in total. The lowest BCUT2D eigenvalue weighted by Gasteiger charge is -2.33. The molecule has 2 aromatic heterocycles. The molecule has 1 atom stereocenters. The summed E-state index contributed by atoms with van der Waals surface area (Å²) >= 11 is 6.07. The Morgan fingerprint density at radius 1 is 1.12 bits per heavy atom. The van der Waals surface area contributed by atoms with Crippen LogP contribution in [0.4, 0.5) is 5.69 Å². The number of aromatic nitrogens is 3. The fourth-order valence-corrected chi connectivity index (χ4v) is 4.78. The number of hydrogen-bond acceptors (Lipinski definition) is 4. The zero-order valence-electron chi connectivity index (χ0n) is 20.0. The van der Waals surface area contributed by atoms with Crippen LogP contribution in [0.1, 0.15) is 70.0 Å². The molecule has 4 rings (SSSR count). The number of carbonyl (C=O) groups is 2. The molecule has 8 heteroatoms. The number of nitrogens with one attached hydrogen (secondary N) is 2. The van der Waals surface area contributed by atoms with Crippen LogP contribution in [0, 0.1) is 0 Å². The van der Waals surface area contributed by atoms with Gasteiger partial charge in [0.05, 0.1) is 17.9 Å². The van der Waals surface area contributed by atoms with Crippen molar-refractivity contribution in [3.05, 3.63) is 54.0 Å². The topological polar surface area (TPSA) is 91.0 Å². The molecule has 2 amide bonds. The Balaban J connectivity index is 1.80. The summed E-state index contributed by atoms with van der Waals surface area (Å²) in [6.45, 7) is 6.40. The second-order valence-corrected chi connectivity index (χ2v) is 10.3. The second kappa shape index (κ2) is 10.1. The maximum absolute atomic E-state index is 13.8. The van der Waals surface area contributed by atoms with Crippen LogP contribution in [0.3, 0.4) is 0 Å². The minimum absolute atomic E-state index is 0.0378. The molecule has 1 fully saturated rings. The number of benzene rings is 1. The summed E-state index contributed by atoms with van der Waals surface area (Å²) in [5.41, 5.74) is 3.02. The predicted octanol–water partition coefficient (Wildman–Crippen LogP) is 5.02. The molecular formula is C26H32ClN5O2. The first-order valence-electron chi connectivity index (χ1n) is 11.9. The van der Waals surface area contributed by atoms with Gasteiger partial charge in [-0.1, -0.05) is 52.2 Å². The van der Waals surface area contributed by atoms with Gasteiger partial charge < -0.3 is 5.32 Å². The normalized spacial score (nSPS) is 15.8. The van der Waals surface area contributed by atoms with Crippen molar-refractivity contribution in [1.29, 1.82) is 0 Å². The summed E-state index contributed by atoms with van der Waals surface area (Å²) in [7, 11) is 0. The van der Waals surface area contributed by atoms with Gasteiger partial charge in [0.2, 0.25) is 11.8 Å². The quantitative estimate of drug-likeness (QED) is 0.484. The van der Waals surface area contributed by atoms with E-state index in [2.05, 4.69) is 41.3 Å². The van der Waals surface area contributed by atoms with Crippen molar-refractivity contribution >= 4 is 40.0 Å². The Labute approximate surface area is 205 Å². The van der Waals surface area contributed by atoms with Gasteiger partial charge in [-0.3, -0.25) is 24.6 Å². The molecule has 0 radical (unpaired) electrons. The van der Waals surface area contributed by atoms with Gasteiger partial charge in [0.25, 0.3) is 0 Å². The number of fused-ring (bicyclic) bond motifs is 1. The molecule has 1 aliphatic carbocycles. The Morgan fingerprint density at radius 2 is 1.82 bits per heavy atom. The summed E-state index contributed by atoms with van der Waals surface area (Å²) in [5, 5.41) is 11.0. The minimum atomic E-state index is -0.928. The van der Waals surface area contributed by atoms with Crippen LogP contribution in [0.2, 0.25) is 0 Å². The van der Waals surface area contributed by atoms with Crippen LogP contribution in [0.15, 0.2) is 42.9 Å². The van der Waals surface area contributed by atoms with Gasteiger partial charge in [0, 0.05) is 28.9 Å². The number of amides is 2. The first kappa shape index (κ1) is 24.2. The van der Waals surface area contributed by atoms with Crippen molar-refractivity contribution in [2.45, 2.75) is 70.4 Å². The number of alkyl halides is 1. The van der Waals surface area contributed by atoms with E-state index < -0.39 is 6.04 Å². The molecule has 0 bridgehead atoms. The van der Waals surface area contributed by atoms with Crippen molar-refractivity contribution in [2.75, 3.05) is 10.8 Å². The van der Waals surface area contributed by atoms with Crippen molar-refractivity contribution in [3.63, 3.8) is 0 Å². The highest BCUT2D eigenvalue weighted by molar-refractivity contribution is 6.30. The number of pyridine rings is 1. The fraction of sp³-hybridized carbons (Fsp3) is 0.462. The molecule has 1 unspecified atom stereocenters. The zero-order chi connectivity index (χ0) is 24.3. The van der Waals surface area contributed by atoms with Gasteiger partial charge in [-0.15, -0.1) is 11.6 Å². The van der Waals surface area contributed by atoms with Gasteiger partial charge in [0.15, 0.2) is 0 Å². The molecule has 0 aliphatic heterocycles. The van der Waals surface area contributed by atoms with E-state index >= 15 is 0 Å². The van der Waals surface area contributed by atoms with Gasteiger partial charge in [-0.2, -0.15) is 5.10 Å². The lowest BCUT2D eigenvalue weighted by molar-refractivity contribution is -0.126. The Morgan fingerprint density at radius 3 is 2.47 bits per heavy atom. The number of H-pyrrole nitrogens is 1. The zero-order valence-corrected chi connectivity index (χ0v) is 20.7. The molecular weight excluding hydrogens is 450 g/mol. The third-order valence-corrected chi connectivity index (χ3v) is 6.77. The van der Waals surface area contributed by atoms with E-state index in [-0.39, 0.29) is 29.2 Å². The van der Waals surface area contributed by atoms with Crippen molar-refractivity contribution < 1.29 is 9.59 Å². The number of halogens is 1. The number of carbonyl (C=O) groups excluding carboxylic acids is 2. The lowest BCUT2D eigenvalue weighted by Crippen LogP contribution is -2.47. The highest BCUT2D eigenvalue weighted by atomic mass is 35.5. The number of nitrogens with zero attached hydrogens (tertiary/aromatic N) is 3. The van der Waals surface area contributed by atoms with Crippen LogP contribution >= 0.6 is 11.6 Å². The summed E-state index contributed by atoms with van der Waals surface area (Å²) in [4.78, 5) is 32.9. The highest BCUT2D eigenvalue weighted by Gasteiger charge is 2.35. The first-order valence-corrected chi connectivity index (χ1v) is 12.4. The molecule has 1 aromatic carbocycles. The van der Waals surface area contributed by atoms with Gasteiger partial charge in [-0.25, -0.2) is 0 Å². The van der Waals surface area contributed by atoms with Crippen molar-refractivity contribution in [1.82, 2.24) is 20.5 Å². The standard InChI is InChI=1S/C26H32ClN5O2/c1-26(2,3)17-9-11-19(12-10-17)32(23(33)13-27)24(25(34)30-18-7-5-4-6-8-18)21-14-28-16-22-20(21)15-29-31-22/h9-12,14-16,18,24H,4-8,13H2,1-3H3,(H,29,31)(H,30,34). The number of aromatic amines is 1. The van der Waals surface area contributed by atoms with Gasteiger partial charge in [-0.05, 0) is 36.0 Å². The molecule has 180 valence electrons. The Bertz CT molecular complexity index is 1150. The third-order valence-electron chi connectivity index (χ3n) is 6.54. The molecule has 0 saturated heterocycles.